The van der Waals surface area contributed by atoms with Gasteiger partial charge in [-0.2, -0.15) is 0 Å². The average molecular weight is 455 g/mol. The fraction of sp³-hybridized carbons (Fsp3) is 0.522. The zero-order valence-electron chi connectivity index (χ0n) is 18.7. The maximum absolute atomic E-state index is 13.6. The SMILES string of the molecule is CCC(CC)Oc1ccc(F)c(F)c1.Cc1nccnc1C(=O)NC1CC(C)CC1(F)F. The van der Waals surface area contributed by atoms with Crippen molar-refractivity contribution in [3.63, 3.8) is 0 Å². The molecule has 1 fully saturated rings. The predicted octanol–water partition coefficient (Wildman–Crippen LogP) is 5.48. The number of benzene rings is 1. The van der Waals surface area contributed by atoms with Crippen LogP contribution in [0, 0.1) is 24.5 Å². The Morgan fingerprint density at radius 3 is 2.38 bits per heavy atom. The van der Waals surface area contributed by atoms with Crippen molar-refractivity contribution in [1.82, 2.24) is 15.3 Å². The Labute approximate surface area is 185 Å². The minimum atomic E-state index is -2.84. The number of alkyl halides is 2. The third kappa shape index (κ3) is 6.90. The van der Waals surface area contributed by atoms with Gasteiger partial charge in [-0.15, -0.1) is 0 Å². The van der Waals surface area contributed by atoms with Crippen LogP contribution in [0.3, 0.4) is 0 Å². The Morgan fingerprint density at radius 2 is 1.84 bits per heavy atom. The number of hydrogen-bond acceptors (Lipinski definition) is 4. The molecule has 0 spiro atoms. The molecule has 2 unspecified atom stereocenters. The molecule has 1 aliphatic carbocycles. The molecule has 0 saturated heterocycles. The number of carbonyl (C=O) groups excluding carboxylic acids is 1. The number of halogens is 4. The van der Waals surface area contributed by atoms with Gasteiger partial charge in [-0.1, -0.05) is 20.8 Å². The Morgan fingerprint density at radius 1 is 1.19 bits per heavy atom. The summed E-state index contributed by atoms with van der Waals surface area (Å²) in [4.78, 5) is 19.7. The second kappa shape index (κ2) is 11.2. The van der Waals surface area contributed by atoms with Crippen LogP contribution in [0.4, 0.5) is 17.6 Å². The van der Waals surface area contributed by atoms with Gasteiger partial charge in [0.05, 0.1) is 17.8 Å². The standard InChI is InChI=1S/C12H15F2N3O.C11H14F2O/c1-7-5-9(12(13,14)6-7)17-11(18)10-8(2)15-3-4-16-10;1-3-8(4-2)14-9-5-6-10(12)11(13)7-9/h3-4,7,9H,5-6H2,1-2H3,(H,17,18);5-8H,3-4H2,1-2H3. The van der Waals surface area contributed by atoms with Crippen molar-refractivity contribution in [1.29, 1.82) is 0 Å². The fourth-order valence-electron chi connectivity index (χ4n) is 3.48. The molecule has 9 heteroatoms. The zero-order valence-corrected chi connectivity index (χ0v) is 18.7. The number of amides is 1. The van der Waals surface area contributed by atoms with Crippen LogP contribution in [0.1, 0.15) is 62.6 Å². The molecule has 1 N–H and O–H groups in total. The minimum absolute atomic E-state index is 0.0693. The van der Waals surface area contributed by atoms with Gasteiger partial charge >= 0.3 is 0 Å². The summed E-state index contributed by atoms with van der Waals surface area (Å²) in [7, 11) is 0. The van der Waals surface area contributed by atoms with Crippen molar-refractivity contribution in [2.75, 3.05) is 0 Å². The molecule has 1 aromatic carbocycles. The van der Waals surface area contributed by atoms with Gasteiger partial charge in [-0.05, 0) is 44.2 Å². The van der Waals surface area contributed by atoms with Crippen LogP contribution in [-0.2, 0) is 0 Å². The maximum Gasteiger partial charge on any atom is 0.272 e. The molecule has 1 saturated carbocycles. The molecule has 0 bridgehead atoms. The summed E-state index contributed by atoms with van der Waals surface area (Å²) < 4.78 is 58.0. The zero-order chi connectivity index (χ0) is 23.9. The number of carbonyl (C=O) groups is 1. The van der Waals surface area contributed by atoms with E-state index in [2.05, 4.69) is 15.3 Å². The van der Waals surface area contributed by atoms with Crippen LogP contribution in [0.15, 0.2) is 30.6 Å². The van der Waals surface area contributed by atoms with Crippen LogP contribution in [0.2, 0.25) is 0 Å². The highest BCUT2D eigenvalue weighted by molar-refractivity contribution is 5.93. The van der Waals surface area contributed by atoms with E-state index in [9.17, 15) is 22.4 Å². The lowest BCUT2D eigenvalue weighted by molar-refractivity contribution is -0.0187. The van der Waals surface area contributed by atoms with E-state index in [1.807, 2.05) is 13.8 Å². The Hall–Kier alpha value is -2.71. The van der Waals surface area contributed by atoms with Crippen molar-refractivity contribution < 1.29 is 27.1 Å². The number of nitrogens with zero attached hydrogens (tertiary/aromatic N) is 2. The molecule has 1 aliphatic rings. The number of nitrogens with one attached hydrogen (secondary N) is 1. The lowest BCUT2D eigenvalue weighted by atomic mass is 10.1. The summed E-state index contributed by atoms with van der Waals surface area (Å²) in [6.45, 7) is 7.37. The molecule has 176 valence electrons. The first kappa shape index (κ1) is 25.5. The quantitative estimate of drug-likeness (QED) is 0.586. The highest BCUT2D eigenvalue weighted by Crippen LogP contribution is 2.39. The molecule has 3 rings (SSSR count). The number of aryl methyl sites for hydroxylation is 1. The monoisotopic (exact) mass is 455 g/mol. The first-order valence-corrected chi connectivity index (χ1v) is 10.6. The lowest BCUT2D eigenvalue weighted by Gasteiger charge is -2.20. The third-order valence-electron chi connectivity index (χ3n) is 5.27. The van der Waals surface area contributed by atoms with Crippen molar-refractivity contribution in [3.8, 4) is 5.75 Å². The molecular formula is C23H29F4N3O2. The van der Waals surface area contributed by atoms with Gasteiger partial charge in [0.15, 0.2) is 11.6 Å². The molecule has 2 aromatic rings. The molecule has 1 aromatic heterocycles. The van der Waals surface area contributed by atoms with E-state index in [0.29, 0.717) is 11.4 Å². The maximum atomic E-state index is 13.6. The van der Waals surface area contributed by atoms with E-state index in [0.717, 1.165) is 25.0 Å². The van der Waals surface area contributed by atoms with Gasteiger partial charge in [-0.25, -0.2) is 22.5 Å². The molecule has 32 heavy (non-hydrogen) atoms. The average Bonchev–Trinajstić information content (AvgIpc) is 3.00. The summed E-state index contributed by atoms with van der Waals surface area (Å²) in [5.74, 6) is -4.84. The number of hydrogen-bond donors (Lipinski definition) is 1. The molecule has 0 aliphatic heterocycles. The molecule has 1 amide bonds. The number of rotatable bonds is 6. The van der Waals surface area contributed by atoms with Crippen LogP contribution in [0.25, 0.3) is 0 Å². The second-order valence-corrected chi connectivity index (χ2v) is 7.95. The first-order chi connectivity index (χ1) is 15.1. The predicted molar refractivity (Wildman–Crippen MR) is 113 cm³/mol. The van der Waals surface area contributed by atoms with Crippen molar-refractivity contribution in [2.24, 2.45) is 5.92 Å². The normalized spacial score (nSPS) is 19.3. The van der Waals surface area contributed by atoms with Gasteiger partial charge in [0.1, 0.15) is 11.4 Å². The first-order valence-electron chi connectivity index (χ1n) is 10.6. The summed E-state index contributed by atoms with van der Waals surface area (Å²) in [6.07, 6.45) is 4.72. The lowest BCUT2D eigenvalue weighted by Crippen LogP contribution is -2.44. The van der Waals surface area contributed by atoms with Gasteiger partial charge < -0.3 is 10.1 Å². The van der Waals surface area contributed by atoms with Crippen molar-refractivity contribution in [2.45, 2.75) is 71.4 Å². The molecule has 0 radical (unpaired) electrons. The smallest absolute Gasteiger partial charge is 0.272 e. The Balaban J connectivity index is 0.000000235. The van der Waals surface area contributed by atoms with E-state index in [1.54, 1.807) is 13.8 Å². The summed E-state index contributed by atoms with van der Waals surface area (Å²) in [5.41, 5.74) is 0.539. The van der Waals surface area contributed by atoms with Crippen LogP contribution >= 0.6 is 0 Å². The highest BCUT2D eigenvalue weighted by Gasteiger charge is 2.48. The van der Waals surface area contributed by atoms with E-state index in [1.165, 1.54) is 18.5 Å². The van der Waals surface area contributed by atoms with Gasteiger partial charge in [0.2, 0.25) is 0 Å². The van der Waals surface area contributed by atoms with E-state index < -0.39 is 29.5 Å². The molecule has 5 nitrogen and oxygen atoms in total. The largest absolute Gasteiger partial charge is 0.490 e. The minimum Gasteiger partial charge on any atom is -0.490 e. The van der Waals surface area contributed by atoms with Crippen molar-refractivity contribution >= 4 is 5.91 Å². The number of aromatic nitrogens is 2. The molecule has 1 heterocycles. The third-order valence-corrected chi connectivity index (χ3v) is 5.27. The Kier molecular flexibility index (Phi) is 8.98. The van der Waals surface area contributed by atoms with Crippen LogP contribution in [0.5, 0.6) is 5.75 Å². The van der Waals surface area contributed by atoms with E-state index in [4.69, 9.17) is 4.74 Å². The van der Waals surface area contributed by atoms with Crippen molar-refractivity contribution in [3.05, 3.63) is 53.6 Å². The van der Waals surface area contributed by atoms with Gasteiger partial charge in [0, 0.05) is 24.9 Å². The van der Waals surface area contributed by atoms with E-state index >= 15 is 0 Å². The summed E-state index contributed by atoms with van der Waals surface area (Å²) in [6, 6.07) is 2.48. The second-order valence-electron chi connectivity index (χ2n) is 7.95. The van der Waals surface area contributed by atoms with Gasteiger partial charge in [-0.3, -0.25) is 9.78 Å². The summed E-state index contributed by atoms with van der Waals surface area (Å²) >= 11 is 0. The van der Waals surface area contributed by atoms with Crippen LogP contribution in [-0.4, -0.2) is 33.9 Å². The van der Waals surface area contributed by atoms with Gasteiger partial charge in [0.25, 0.3) is 11.8 Å². The number of ether oxygens (including phenoxy) is 1. The van der Waals surface area contributed by atoms with E-state index in [-0.39, 0.29) is 30.6 Å². The molecular weight excluding hydrogens is 426 g/mol. The molecule has 2 atom stereocenters. The fourth-order valence-corrected chi connectivity index (χ4v) is 3.48. The van der Waals surface area contributed by atoms with Crippen LogP contribution < -0.4 is 10.1 Å². The summed E-state index contributed by atoms with van der Waals surface area (Å²) in [5, 5.41) is 2.37. The topological polar surface area (TPSA) is 64.1 Å². The Bertz CT molecular complexity index is 907. The highest BCUT2D eigenvalue weighted by atomic mass is 19.3.